The SMILES string of the molecule is COc1ccccc1N(C)S(=O)(=O)c1ccc(C(=O)OCC(=O)Nc2ccc(C)c(F)c2)cc1. The number of nitrogens with zero attached hydrogens (tertiary/aromatic N) is 1. The number of esters is 1. The van der Waals surface area contributed by atoms with Crippen LogP contribution < -0.4 is 14.4 Å². The van der Waals surface area contributed by atoms with E-state index < -0.39 is 34.3 Å². The molecule has 0 unspecified atom stereocenters. The van der Waals surface area contributed by atoms with E-state index in [4.69, 9.17) is 9.47 Å². The lowest BCUT2D eigenvalue weighted by atomic mass is 10.2. The molecule has 0 aliphatic rings. The molecule has 3 rings (SSSR count). The predicted octanol–water partition coefficient (Wildman–Crippen LogP) is 3.76. The van der Waals surface area contributed by atoms with Gasteiger partial charge in [0, 0.05) is 12.7 Å². The van der Waals surface area contributed by atoms with Gasteiger partial charge in [-0.25, -0.2) is 17.6 Å². The van der Waals surface area contributed by atoms with Crippen molar-refractivity contribution in [1.29, 1.82) is 0 Å². The number of nitrogens with one attached hydrogen (secondary N) is 1. The van der Waals surface area contributed by atoms with Gasteiger partial charge in [0.15, 0.2) is 6.61 Å². The van der Waals surface area contributed by atoms with E-state index in [0.717, 1.165) is 10.4 Å². The van der Waals surface area contributed by atoms with Gasteiger partial charge in [0.25, 0.3) is 15.9 Å². The van der Waals surface area contributed by atoms with Gasteiger partial charge in [-0.3, -0.25) is 9.10 Å². The number of aryl methyl sites for hydroxylation is 1. The van der Waals surface area contributed by atoms with Gasteiger partial charge in [0.05, 0.1) is 23.3 Å². The molecule has 1 N–H and O–H groups in total. The van der Waals surface area contributed by atoms with Gasteiger partial charge in [-0.05, 0) is 61.0 Å². The zero-order valence-electron chi connectivity index (χ0n) is 18.7. The first-order valence-electron chi connectivity index (χ1n) is 10.1. The molecule has 0 atom stereocenters. The highest BCUT2D eigenvalue weighted by Crippen LogP contribution is 2.30. The van der Waals surface area contributed by atoms with Crippen LogP contribution in [0.4, 0.5) is 15.8 Å². The fraction of sp³-hybridized carbons (Fsp3) is 0.167. The molecule has 1 amide bonds. The Hall–Kier alpha value is -3.92. The smallest absolute Gasteiger partial charge is 0.338 e. The van der Waals surface area contributed by atoms with Crippen molar-refractivity contribution in [1.82, 2.24) is 0 Å². The zero-order chi connectivity index (χ0) is 24.9. The molecule has 0 aliphatic heterocycles. The summed E-state index contributed by atoms with van der Waals surface area (Å²) >= 11 is 0. The third-order valence-electron chi connectivity index (χ3n) is 4.96. The zero-order valence-corrected chi connectivity index (χ0v) is 19.6. The number of carbonyl (C=O) groups is 2. The lowest BCUT2D eigenvalue weighted by Crippen LogP contribution is -2.27. The van der Waals surface area contributed by atoms with Gasteiger partial charge < -0.3 is 14.8 Å². The van der Waals surface area contributed by atoms with Crippen LogP contribution in [0.25, 0.3) is 0 Å². The van der Waals surface area contributed by atoms with Crippen molar-refractivity contribution < 1.29 is 31.9 Å². The van der Waals surface area contributed by atoms with E-state index in [2.05, 4.69) is 5.32 Å². The number of carbonyl (C=O) groups excluding carboxylic acids is 2. The molecule has 178 valence electrons. The second-order valence-electron chi connectivity index (χ2n) is 7.26. The number of amides is 1. The van der Waals surface area contributed by atoms with E-state index in [1.54, 1.807) is 31.2 Å². The van der Waals surface area contributed by atoms with Crippen LogP contribution in [0.5, 0.6) is 5.75 Å². The van der Waals surface area contributed by atoms with Crippen molar-refractivity contribution in [3.63, 3.8) is 0 Å². The van der Waals surface area contributed by atoms with E-state index in [-0.39, 0.29) is 16.1 Å². The molecule has 0 heterocycles. The molecule has 0 saturated carbocycles. The van der Waals surface area contributed by atoms with Gasteiger partial charge in [-0.1, -0.05) is 18.2 Å². The maximum atomic E-state index is 13.6. The number of benzene rings is 3. The first-order valence-corrected chi connectivity index (χ1v) is 11.5. The fourth-order valence-electron chi connectivity index (χ4n) is 3.02. The molecule has 0 aliphatic carbocycles. The van der Waals surface area contributed by atoms with Gasteiger partial charge in [0.2, 0.25) is 0 Å². The summed E-state index contributed by atoms with van der Waals surface area (Å²) in [5.74, 6) is -1.54. The summed E-state index contributed by atoms with van der Waals surface area (Å²) in [6.07, 6.45) is 0. The summed E-state index contributed by atoms with van der Waals surface area (Å²) in [5, 5.41) is 2.43. The van der Waals surface area contributed by atoms with E-state index in [9.17, 15) is 22.4 Å². The highest BCUT2D eigenvalue weighted by Gasteiger charge is 2.24. The number of methoxy groups -OCH3 is 1. The Kier molecular flexibility index (Phi) is 7.52. The molecule has 0 aromatic heterocycles. The maximum Gasteiger partial charge on any atom is 0.338 e. The summed E-state index contributed by atoms with van der Waals surface area (Å²) in [6.45, 7) is 1.00. The van der Waals surface area contributed by atoms with Crippen LogP contribution in [0.1, 0.15) is 15.9 Å². The third-order valence-corrected chi connectivity index (χ3v) is 6.75. The Balaban J connectivity index is 1.64. The van der Waals surface area contributed by atoms with Crippen molar-refractivity contribution in [3.05, 3.63) is 83.7 Å². The number of sulfonamides is 1. The second-order valence-corrected chi connectivity index (χ2v) is 9.23. The minimum absolute atomic E-state index is 0.0448. The Labute approximate surface area is 197 Å². The second kappa shape index (κ2) is 10.3. The number of halogens is 1. The Morgan fingerprint density at radius 3 is 2.35 bits per heavy atom. The van der Waals surface area contributed by atoms with Crippen LogP contribution in [0.2, 0.25) is 0 Å². The minimum Gasteiger partial charge on any atom is -0.495 e. The Bertz CT molecular complexity index is 1310. The standard InChI is InChI=1S/C24H23FN2O6S/c1-16-8-11-18(14-20(16)25)26-23(28)15-33-24(29)17-9-12-19(13-10-17)34(30,31)27(2)21-6-4-5-7-22(21)32-3/h4-14H,15H2,1-3H3,(H,26,28). The molecular weight excluding hydrogens is 463 g/mol. The van der Waals surface area contributed by atoms with E-state index in [0.29, 0.717) is 17.0 Å². The lowest BCUT2D eigenvalue weighted by Gasteiger charge is -2.21. The molecular formula is C24H23FN2O6S. The number of ether oxygens (including phenoxy) is 2. The van der Waals surface area contributed by atoms with Crippen LogP contribution in [0, 0.1) is 12.7 Å². The Morgan fingerprint density at radius 1 is 1.03 bits per heavy atom. The summed E-state index contributed by atoms with van der Waals surface area (Å²) < 4.78 is 50.8. The van der Waals surface area contributed by atoms with Crippen molar-refractivity contribution in [2.24, 2.45) is 0 Å². The minimum atomic E-state index is -3.93. The first kappa shape index (κ1) is 24.7. The van der Waals surface area contributed by atoms with Crippen molar-refractivity contribution in [2.45, 2.75) is 11.8 Å². The monoisotopic (exact) mass is 486 g/mol. The van der Waals surface area contributed by atoms with Gasteiger partial charge >= 0.3 is 5.97 Å². The van der Waals surface area contributed by atoms with Gasteiger partial charge in [-0.2, -0.15) is 0 Å². The van der Waals surface area contributed by atoms with Crippen molar-refractivity contribution >= 4 is 33.3 Å². The summed E-state index contributed by atoms with van der Waals surface area (Å²) in [6, 6.07) is 16.0. The molecule has 0 saturated heterocycles. The van der Waals surface area contributed by atoms with Crippen molar-refractivity contribution in [2.75, 3.05) is 30.4 Å². The summed E-state index contributed by atoms with van der Waals surface area (Å²) in [7, 11) is -1.09. The van der Waals surface area contributed by atoms with E-state index in [1.165, 1.54) is 50.6 Å². The van der Waals surface area contributed by atoms with Crippen LogP contribution in [0.15, 0.2) is 71.6 Å². The normalized spacial score (nSPS) is 10.9. The largest absolute Gasteiger partial charge is 0.495 e. The maximum absolute atomic E-state index is 13.6. The molecule has 3 aromatic rings. The molecule has 0 radical (unpaired) electrons. The van der Waals surface area contributed by atoms with Gasteiger partial charge in [0.1, 0.15) is 11.6 Å². The van der Waals surface area contributed by atoms with E-state index in [1.807, 2.05) is 0 Å². The fourth-order valence-corrected chi connectivity index (χ4v) is 4.23. The Morgan fingerprint density at radius 2 is 1.71 bits per heavy atom. The highest BCUT2D eigenvalue weighted by molar-refractivity contribution is 7.92. The molecule has 3 aromatic carbocycles. The topological polar surface area (TPSA) is 102 Å². The molecule has 10 heteroatoms. The highest BCUT2D eigenvalue weighted by atomic mass is 32.2. The summed E-state index contributed by atoms with van der Waals surface area (Å²) in [5.41, 5.74) is 1.09. The quantitative estimate of drug-likeness (QED) is 0.487. The molecule has 34 heavy (non-hydrogen) atoms. The molecule has 0 spiro atoms. The number of para-hydroxylation sites is 2. The number of hydrogen-bond donors (Lipinski definition) is 1. The van der Waals surface area contributed by atoms with E-state index >= 15 is 0 Å². The van der Waals surface area contributed by atoms with Crippen LogP contribution in [0.3, 0.4) is 0 Å². The first-order chi connectivity index (χ1) is 16.1. The molecule has 0 bridgehead atoms. The van der Waals surface area contributed by atoms with Crippen LogP contribution >= 0.6 is 0 Å². The number of rotatable bonds is 8. The van der Waals surface area contributed by atoms with Crippen LogP contribution in [-0.2, 0) is 19.6 Å². The molecule has 8 nitrogen and oxygen atoms in total. The van der Waals surface area contributed by atoms with Crippen molar-refractivity contribution in [3.8, 4) is 5.75 Å². The average Bonchev–Trinajstić information content (AvgIpc) is 2.84. The summed E-state index contributed by atoms with van der Waals surface area (Å²) in [4.78, 5) is 24.2. The van der Waals surface area contributed by atoms with Crippen LogP contribution in [-0.4, -0.2) is 41.1 Å². The predicted molar refractivity (Wildman–Crippen MR) is 125 cm³/mol. The average molecular weight is 487 g/mol. The third kappa shape index (κ3) is 5.52. The number of anilines is 2. The molecule has 0 fully saturated rings. The lowest BCUT2D eigenvalue weighted by molar-refractivity contribution is -0.119. The van der Waals surface area contributed by atoms with Gasteiger partial charge in [-0.15, -0.1) is 0 Å². The number of hydrogen-bond acceptors (Lipinski definition) is 6.